The van der Waals surface area contributed by atoms with Gasteiger partial charge in [-0.15, -0.1) is 0 Å². The van der Waals surface area contributed by atoms with E-state index in [-0.39, 0.29) is 11.6 Å². The number of carbonyl (C=O) groups excluding carboxylic acids is 1. The number of aromatic nitrogens is 2. The molecule has 0 fully saturated rings. The van der Waals surface area contributed by atoms with Gasteiger partial charge in [0.2, 0.25) is 5.89 Å². The molecular weight excluding hydrogens is 458 g/mol. The van der Waals surface area contributed by atoms with Gasteiger partial charge in [-0.25, -0.2) is 4.98 Å². The molecule has 9 nitrogen and oxygen atoms in total. The van der Waals surface area contributed by atoms with Gasteiger partial charge in [0, 0.05) is 52.7 Å². The third-order valence-electron chi connectivity index (χ3n) is 5.57. The fourth-order valence-corrected chi connectivity index (χ4v) is 3.45. The fraction of sp³-hybridized carbons (Fsp3) is 0.407. The Balaban J connectivity index is 1.87. The zero-order chi connectivity index (χ0) is 26.7. The van der Waals surface area contributed by atoms with Gasteiger partial charge in [-0.3, -0.25) is 14.8 Å². The lowest BCUT2D eigenvalue weighted by molar-refractivity contribution is 0.0738. The van der Waals surface area contributed by atoms with E-state index in [0.29, 0.717) is 41.4 Å². The van der Waals surface area contributed by atoms with Crippen LogP contribution in [0.2, 0.25) is 0 Å². The van der Waals surface area contributed by atoms with E-state index in [1.807, 2.05) is 19.9 Å². The second-order valence-electron chi connectivity index (χ2n) is 10.3. The molecule has 1 aromatic carbocycles. The summed E-state index contributed by atoms with van der Waals surface area (Å²) in [6.07, 6.45) is 5.05. The van der Waals surface area contributed by atoms with Crippen molar-refractivity contribution < 1.29 is 19.4 Å². The molecule has 0 atom stereocenters. The highest BCUT2D eigenvalue weighted by atomic mass is 16.3. The Morgan fingerprint density at radius 2 is 1.94 bits per heavy atom. The first kappa shape index (κ1) is 27.0. The molecule has 36 heavy (non-hydrogen) atoms. The van der Waals surface area contributed by atoms with Crippen molar-refractivity contribution in [2.45, 2.75) is 65.1 Å². The molecule has 9 heteroatoms. The van der Waals surface area contributed by atoms with Crippen molar-refractivity contribution in [2.75, 3.05) is 17.6 Å². The van der Waals surface area contributed by atoms with Crippen LogP contribution in [-0.4, -0.2) is 44.4 Å². The van der Waals surface area contributed by atoms with Crippen LogP contribution in [-0.2, 0) is 5.60 Å². The Labute approximate surface area is 211 Å². The monoisotopic (exact) mass is 493 g/mol. The van der Waals surface area contributed by atoms with Gasteiger partial charge in [-0.05, 0) is 64.3 Å². The first-order chi connectivity index (χ1) is 16.7. The zero-order valence-corrected chi connectivity index (χ0v) is 21.7. The van der Waals surface area contributed by atoms with Gasteiger partial charge in [0.05, 0.1) is 11.2 Å². The highest BCUT2D eigenvalue weighted by Crippen LogP contribution is 2.32. The summed E-state index contributed by atoms with van der Waals surface area (Å²) in [5.74, 6) is 0.0498. The summed E-state index contributed by atoms with van der Waals surface area (Å²) >= 11 is 0. The number of aliphatic hydroxyl groups is 2. The zero-order valence-electron chi connectivity index (χ0n) is 21.7. The molecule has 192 valence electrons. The Hall–Kier alpha value is -3.56. The van der Waals surface area contributed by atoms with Crippen LogP contribution in [0, 0.1) is 0 Å². The number of pyridine rings is 1. The second-order valence-corrected chi connectivity index (χ2v) is 10.3. The standard InChI is InChI=1S/C27H35N5O4/c1-16(2)21-11-17(7-9-30-21)25-32-23(15-36-25)24(33)31-22-12-18(14-29-10-8-26(3,4)34)20(28)13-19(22)27(5,6)35/h7,9,11-16,34-35H,8,10,28H2,1-6H3,(H,31,33). The van der Waals surface area contributed by atoms with E-state index in [4.69, 9.17) is 10.2 Å². The summed E-state index contributed by atoms with van der Waals surface area (Å²) in [5.41, 5.74) is 7.61. The Morgan fingerprint density at radius 3 is 2.58 bits per heavy atom. The number of oxazole rings is 1. The van der Waals surface area contributed by atoms with Gasteiger partial charge >= 0.3 is 0 Å². The van der Waals surface area contributed by atoms with Crippen LogP contribution in [0.15, 0.2) is 46.1 Å². The molecule has 0 aliphatic rings. The number of nitrogens with two attached hydrogens (primary N) is 1. The highest BCUT2D eigenvalue weighted by molar-refractivity contribution is 6.04. The second kappa shape index (κ2) is 10.6. The van der Waals surface area contributed by atoms with E-state index < -0.39 is 17.1 Å². The molecule has 3 rings (SSSR count). The summed E-state index contributed by atoms with van der Waals surface area (Å²) in [7, 11) is 0. The fourth-order valence-electron chi connectivity index (χ4n) is 3.45. The summed E-state index contributed by atoms with van der Waals surface area (Å²) in [5, 5.41) is 23.4. The molecule has 0 aliphatic carbocycles. The number of hydrogen-bond acceptors (Lipinski definition) is 8. The number of rotatable bonds is 9. The van der Waals surface area contributed by atoms with Crippen molar-refractivity contribution in [1.29, 1.82) is 0 Å². The average Bonchev–Trinajstić information content (AvgIpc) is 3.27. The Bertz CT molecular complexity index is 1250. The lowest BCUT2D eigenvalue weighted by atomic mass is 9.94. The SMILES string of the molecule is CC(C)c1cc(-c2nc(C(=O)Nc3cc(C=NCCC(C)(C)O)c(N)cc3C(C)(C)O)co2)ccn1. The molecule has 0 saturated heterocycles. The van der Waals surface area contributed by atoms with Gasteiger partial charge in [-0.2, -0.15) is 0 Å². The third kappa shape index (κ3) is 6.99. The minimum absolute atomic E-state index is 0.0897. The molecular formula is C27H35N5O4. The predicted molar refractivity (Wildman–Crippen MR) is 141 cm³/mol. The number of aliphatic imine (C=N–C) groups is 1. The van der Waals surface area contributed by atoms with Gasteiger partial charge in [0.25, 0.3) is 5.91 Å². The number of benzene rings is 1. The van der Waals surface area contributed by atoms with Crippen LogP contribution in [0.5, 0.6) is 0 Å². The first-order valence-electron chi connectivity index (χ1n) is 11.9. The number of nitrogens with zero attached hydrogens (tertiary/aromatic N) is 3. The molecule has 5 N–H and O–H groups in total. The molecule has 0 bridgehead atoms. The van der Waals surface area contributed by atoms with Crippen LogP contribution in [0.4, 0.5) is 11.4 Å². The molecule has 2 heterocycles. The van der Waals surface area contributed by atoms with E-state index in [9.17, 15) is 15.0 Å². The number of anilines is 2. The molecule has 0 saturated carbocycles. The largest absolute Gasteiger partial charge is 0.444 e. The van der Waals surface area contributed by atoms with E-state index in [1.165, 1.54) is 6.26 Å². The molecule has 0 spiro atoms. The summed E-state index contributed by atoms with van der Waals surface area (Å²) in [6.45, 7) is 11.1. The van der Waals surface area contributed by atoms with Crippen LogP contribution in [0.3, 0.4) is 0 Å². The summed E-state index contributed by atoms with van der Waals surface area (Å²) in [4.78, 5) is 26.1. The lowest BCUT2D eigenvalue weighted by Crippen LogP contribution is -2.22. The van der Waals surface area contributed by atoms with Crippen LogP contribution in [0.1, 0.15) is 81.2 Å². The molecule has 3 aromatic rings. The minimum Gasteiger partial charge on any atom is -0.444 e. The van der Waals surface area contributed by atoms with E-state index in [0.717, 1.165) is 11.3 Å². The minimum atomic E-state index is -1.27. The number of hydrogen-bond donors (Lipinski definition) is 4. The Morgan fingerprint density at radius 1 is 1.22 bits per heavy atom. The topological polar surface area (TPSA) is 147 Å². The van der Waals surface area contributed by atoms with Crippen molar-refractivity contribution in [3.63, 3.8) is 0 Å². The number of nitrogens with one attached hydrogen (secondary N) is 1. The average molecular weight is 494 g/mol. The predicted octanol–water partition coefficient (Wildman–Crippen LogP) is 4.50. The molecule has 0 aliphatic heterocycles. The van der Waals surface area contributed by atoms with Crippen LogP contribution < -0.4 is 11.1 Å². The van der Waals surface area contributed by atoms with Crippen molar-refractivity contribution in [3.8, 4) is 11.5 Å². The number of carbonyl (C=O) groups is 1. The number of nitrogen functional groups attached to an aromatic ring is 1. The molecule has 2 aromatic heterocycles. The smallest absolute Gasteiger partial charge is 0.277 e. The van der Waals surface area contributed by atoms with Crippen molar-refractivity contribution in [2.24, 2.45) is 4.99 Å². The maximum absolute atomic E-state index is 13.1. The summed E-state index contributed by atoms with van der Waals surface area (Å²) in [6, 6.07) is 6.93. The number of amides is 1. The maximum atomic E-state index is 13.1. The van der Waals surface area contributed by atoms with Crippen molar-refractivity contribution in [1.82, 2.24) is 9.97 Å². The Kier molecular flexibility index (Phi) is 7.96. The molecule has 0 unspecified atom stereocenters. The quantitative estimate of drug-likeness (QED) is 0.253. The van der Waals surface area contributed by atoms with E-state index in [1.54, 1.807) is 58.3 Å². The van der Waals surface area contributed by atoms with Gasteiger partial charge in [0.15, 0.2) is 5.69 Å². The lowest BCUT2D eigenvalue weighted by Gasteiger charge is -2.23. The van der Waals surface area contributed by atoms with Crippen LogP contribution >= 0.6 is 0 Å². The third-order valence-corrected chi connectivity index (χ3v) is 5.57. The normalized spacial score (nSPS) is 12.5. The van der Waals surface area contributed by atoms with Gasteiger partial charge in [-0.1, -0.05) is 13.8 Å². The van der Waals surface area contributed by atoms with Crippen molar-refractivity contribution >= 4 is 23.5 Å². The van der Waals surface area contributed by atoms with Crippen molar-refractivity contribution in [3.05, 3.63) is 59.2 Å². The summed E-state index contributed by atoms with van der Waals surface area (Å²) < 4.78 is 5.57. The van der Waals surface area contributed by atoms with Gasteiger partial charge < -0.3 is 25.7 Å². The first-order valence-corrected chi connectivity index (χ1v) is 11.9. The van der Waals surface area contributed by atoms with Gasteiger partial charge in [0.1, 0.15) is 6.26 Å². The molecule has 0 radical (unpaired) electrons. The van der Waals surface area contributed by atoms with Crippen LogP contribution in [0.25, 0.3) is 11.5 Å². The highest BCUT2D eigenvalue weighted by Gasteiger charge is 2.24. The van der Waals surface area contributed by atoms with E-state index in [2.05, 4.69) is 20.3 Å². The molecule has 1 amide bonds. The van der Waals surface area contributed by atoms with E-state index >= 15 is 0 Å². The maximum Gasteiger partial charge on any atom is 0.277 e.